The van der Waals surface area contributed by atoms with E-state index in [1.165, 1.54) is 4.57 Å². The molecule has 3 N–H and O–H groups in total. The first-order valence-electron chi connectivity index (χ1n) is 10.7. The number of anilines is 2. The molecule has 9 nitrogen and oxygen atoms in total. The quantitative estimate of drug-likeness (QED) is 0.549. The van der Waals surface area contributed by atoms with Crippen molar-refractivity contribution in [2.45, 2.75) is 46.1 Å². The molecule has 9 heteroatoms. The number of rotatable bonds is 6. The van der Waals surface area contributed by atoms with Crippen LogP contribution in [0.1, 0.15) is 55.6 Å². The van der Waals surface area contributed by atoms with Gasteiger partial charge in [-0.15, -0.1) is 0 Å². The number of hydrogen-bond acceptors (Lipinski definition) is 5. The molecule has 0 unspecified atom stereocenters. The maximum absolute atomic E-state index is 13.2. The van der Waals surface area contributed by atoms with Gasteiger partial charge in [-0.25, -0.2) is 9.78 Å². The van der Waals surface area contributed by atoms with E-state index in [0.29, 0.717) is 23.6 Å². The van der Waals surface area contributed by atoms with Crippen LogP contribution < -0.4 is 21.9 Å². The zero-order valence-electron chi connectivity index (χ0n) is 18.2. The second kappa shape index (κ2) is 8.41. The minimum Gasteiger partial charge on any atom is -0.326 e. The van der Waals surface area contributed by atoms with E-state index < -0.39 is 17.2 Å². The fourth-order valence-electron chi connectivity index (χ4n) is 3.52. The topological polar surface area (TPSA) is 126 Å². The molecular formula is C23H25N5O4. The molecule has 1 aliphatic rings. The maximum atomic E-state index is 13.2. The largest absolute Gasteiger partial charge is 0.329 e. The molecular weight excluding hydrogens is 410 g/mol. The van der Waals surface area contributed by atoms with Crippen molar-refractivity contribution in [3.05, 3.63) is 62.4 Å². The molecule has 0 bridgehead atoms. The van der Waals surface area contributed by atoms with Crippen LogP contribution in [0.4, 0.5) is 11.4 Å². The lowest BCUT2D eigenvalue weighted by Crippen LogP contribution is -2.32. The number of carbonyl (C=O) groups excluding carboxylic acids is 2. The second-order valence-electron chi connectivity index (χ2n) is 8.25. The van der Waals surface area contributed by atoms with Gasteiger partial charge in [0, 0.05) is 29.5 Å². The Balaban J connectivity index is 1.74. The number of pyridine rings is 1. The Kier molecular flexibility index (Phi) is 5.65. The fourth-order valence-corrected chi connectivity index (χ4v) is 3.52. The predicted octanol–water partition coefficient (Wildman–Crippen LogP) is 2.83. The van der Waals surface area contributed by atoms with Crippen LogP contribution in [-0.4, -0.2) is 26.3 Å². The lowest BCUT2D eigenvalue weighted by Gasteiger charge is -2.14. The van der Waals surface area contributed by atoms with Gasteiger partial charge in [-0.05, 0) is 49.9 Å². The molecule has 2 amide bonds. The van der Waals surface area contributed by atoms with Gasteiger partial charge in [-0.1, -0.05) is 19.9 Å². The fraction of sp³-hybridized carbons (Fsp3) is 0.348. The molecule has 0 saturated heterocycles. The van der Waals surface area contributed by atoms with E-state index in [1.54, 1.807) is 37.3 Å². The number of H-pyrrole nitrogens is 1. The van der Waals surface area contributed by atoms with Crippen LogP contribution in [0.5, 0.6) is 0 Å². The Hall–Kier alpha value is -3.75. The van der Waals surface area contributed by atoms with Gasteiger partial charge < -0.3 is 10.6 Å². The summed E-state index contributed by atoms with van der Waals surface area (Å²) in [6.45, 7) is 5.90. The second-order valence-corrected chi connectivity index (χ2v) is 8.25. The number of benzene rings is 1. The maximum Gasteiger partial charge on any atom is 0.329 e. The third-order valence-corrected chi connectivity index (χ3v) is 5.46. The minimum atomic E-state index is -0.659. The zero-order chi connectivity index (χ0) is 23.0. The molecule has 1 fully saturated rings. The van der Waals surface area contributed by atoms with Crippen LogP contribution in [0.15, 0.2) is 39.9 Å². The summed E-state index contributed by atoms with van der Waals surface area (Å²) in [6, 6.07) is 8.42. The standard InChI is InChI=1S/C23H25N5O4/c1-4-28-19-18(22(31)27-23(28)32)16(11-17(26-19)12(2)3)21(30)25-15-7-5-6-14(10-15)24-20(29)13-8-9-13/h5-7,10-13H,4,8-9H2,1-3H3,(H,24,29)(H,25,30)(H,27,31,32). The van der Waals surface area contributed by atoms with E-state index in [9.17, 15) is 19.2 Å². The first kappa shape index (κ1) is 21.5. The van der Waals surface area contributed by atoms with E-state index in [4.69, 9.17) is 0 Å². The Morgan fingerprint density at radius 3 is 2.47 bits per heavy atom. The lowest BCUT2D eigenvalue weighted by molar-refractivity contribution is -0.117. The van der Waals surface area contributed by atoms with Gasteiger partial charge in [0.2, 0.25) is 5.91 Å². The van der Waals surface area contributed by atoms with Crippen molar-refractivity contribution in [3.8, 4) is 0 Å². The van der Waals surface area contributed by atoms with Crippen LogP contribution in [0.25, 0.3) is 11.0 Å². The van der Waals surface area contributed by atoms with Gasteiger partial charge in [0.05, 0.1) is 10.9 Å². The lowest BCUT2D eigenvalue weighted by atomic mass is 10.0. The smallest absolute Gasteiger partial charge is 0.326 e. The highest BCUT2D eigenvalue weighted by Crippen LogP contribution is 2.30. The number of hydrogen-bond donors (Lipinski definition) is 3. The van der Waals surface area contributed by atoms with Crippen molar-refractivity contribution in [2.24, 2.45) is 5.92 Å². The summed E-state index contributed by atoms with van der Waals surface area (Å²) in [7, 11) is 0. The van der Waals surface area contributed by atoms with Crippen molar-refractivity contribution in [2.75, 3.05) is 10.6 Å². The van der Waals surface area contributed by atoms with Crippen LogP contribution in [0, 0.1) is 5.92 Å². The summed E-state index contributed by atoms with van der Waals surface area (Å²) in [5, 5.41) is 5.71. The highest BCUT2D eigenvalue weighted by molar-refractivity contribution is 6.12. The van der Waals surface area contributed by atoms with Gasteiger partial charge in [-0.3, -0.25) is 23.9 Å². The summed E-state index contributed by atoms with van der Waals surface area (Å²) < 4.78 is 1.34. The van der Waals surface area contributed by atoms with Crippen molar-refractivity contribution >= 4 is 34.2 Å². The Labute approximate surface area is 183 Å². The van der Waals surface area contributed by atoms with E-state index in [0.717, 1.165) is 12.8 Å². The first-order valence-corrected chi connectivity index (χ1v) is 10.7. The van der Waals surface area contributed by atoms with Crippen LogP contribution in [0.2, 0.25) is 0 Å². The van der Waals surface area contributed by atoms with Crippen LogP contribution in [-0.2, 0) is 11.3 Å². The van der Waals surface area contributed by atoms with Crippen LogP contribution >= 0.6 is 0 Å². The number of nitrogens with zero attached hydrogens (tertiary/aromatic N) is 2. The Bertz CT molecular complexity index is 1330. The average molecular weight is 435 g/mol. The predicted molar refractivity (Wildman–Crippen MR) is 122 cm³/mol. The molecule has 0 atom stereocenters. The van der Waals surface area contributed by atoms with Gasteiger partial charge in [0.15, 0.2) is 5.65 Å². The molecule has 32 heavy (non-hydrogen) atoms. The summed E-state index contributed by atoms with van der Waals surface area (Å²) >= 11 is 0. The Morgan fingerprint density at radius 2 is 1.84 bits per heavy atom. The number of aromatic nitrogens is 3. The molecule has 1 saturated carbocycles. The molecule has 4 rings (SSSR count). The highest BCUT2D eigenvalue weighted by Gasteiger charge is 2.29. The van der Waals surface area contributed by atoms with Crippen LogP contribution in [0.3, 0.4) is 0 Å². The SMILES string of the molecule is CCn1c(=O)[nH]c(=O)c2c(C(=O)Nc3cccc(NC(=O)C4CC4)c3)cc(C(C)C)nc21. The number of nitrogens with one attached hydrogen (secondary N) is 3. The third kappa shape index (κ3) is 4.18. The van der Waals surface area contributed by atoms with E-state index in [-0.39, 0.29) is 34.3 Å². The van der Waals surface area contributed by atoms with Gasteiger partial charge in [0.25, 0.3) is 11.5 Å². The molecule has 0 aliphatic heterocycles. The molecule has 1 aromatic carbocycles. The third-order valence-electron chi connectivity index (χ3n) is 5.46. The first-order chi connectivity index (χ1) is 15.3. The normalized spacial score (nSPS) is 13.4. The van der Waals surface area contributed by atoms with Crippen molar-refractivity contribution in [3.63, 3.8) is 0 Å². The Morgan fingerprint density at radius 1 is 1.16 bits per heavy atom. The number of aromatic amines is 1. The minimum absolute atomic E-state index is 0.0217. The molecule has 2 aromatic heterocycles. The summed E-state index contributed by atoms with van der Waals surface area (Å²) in [5.74, 6) is -0.489. The monoisotopic (exact) mass is 435 g/mol. The number of carbonyl (C=O) groups is 2. The van der Waals surface area contributed by atoms with Crippen molar-refractivity contribution in [1.29, 1.82) is 0 Å². The summed E-state index contributed by atoms with van der Waals surface area (Å²) in [5.41, 5.74) is 0.745. The van der Waals surface area contributed by atoms with Gasteiger partial charge >= 0.3 is 5.69 Å². The summed E-state index contributed by atoms with van der Waals surface area (Å²) in [4.78, 5) is 56.9. The number of aryl methyl sites for hydroxylation is 1. The molecule has 0 radical (unpaired) electrons. The van der Waals surface area contributed by atoms with Gasteiger partial charge in [-0.2, -0.15) is 0 Å². The number of amides is 2. The van der Waals surface area contributed by atoms with E-state index in [1.807, 2.05) is 13.8 Å². The zero-order valence-corrected chi connectivity index (χ0v) is 18.2. The van der Waals surface area contributed by atoms with Crippen molar-refractivity contribution < 1.29 is 9.59 Å². The molecule has 166 valence electrons. The van der Waals surface area contributed by atoms with Crippen molar-refractivity contribution in [1.82, 2.24) is 14.5 Å². The molecule has 0 spiro atoms. The molecule has 2 heterocycles. The average Bonchev–Trinajstić information content (AvgIpc) is 3.59. The van der Waals surface area contributed by atoms with Gasteiger partial charge in [0.1, 0.15) is 0 Å². The number of fused-ring (bicyclic) bond motifs is 1. The summed E-state index contributed by atoms with van der Waals surface area (Å²) in [6.07, 6.45) is 1.79. The van der Waals surface area contributed by atoms with E-state index in [2.05, 4.69) is 20.6 Å². The molecule has 1 aliphatic carbocycles. The molecule has 3 aromatic rings. The highest BCUT2D eigenvalue weighted by atomic mass is 16.2. The van der Waals surface area contributed by atoms with E-state index >= 15 is 0 Å².